The lowest BCUT2D eigenvalue weighted by atomic mass is 10.1. The van der Waals surface area contributed by atoms with Crippen molar-refractivity contribution < 1.29 is 14.3 Å². The Labute approximate surface area is 206 Å². The van der Waals surface area contributed by atoms with Gasteiger partial charge in [0.15, 0.2) is 11.5 Å². The Morgan fingerprint density at radius 1 is 1.15 bits per heavy atom. The van der Waals surface area contributed by atoms with Gasteiger partial charge < -0.3 is 14.8 Å². The maximum atomic E-state index is 12.6. The number of nitriles is 1. The predicted octanol–water partition coefficient (Wildman–Crippen LogP) is 6.85. The van der Waals surface area contributed by atoms with Crippen LogP contribution in [0.3, 0.4) is 0 Å². The van der Waals surface area contributed by atoms with Gasteiger partial charge in [0.2, 0.25) is 0 Å². The summed E-state index contributed by atoms with van der Waals surface area (Å²) < 4.78 is 12.2. The lowest BCUT2D eigenvalue weighted by Crippen LogP contribution is -2.13. The van der Waals surface area contributed by atoms with Crippen molar-refractivity contribution in [3.05, 3.63) is 91.9 Å². The molecule has 3 rings (SSSR count). The highest BCUT2D eigenvalue weighted by Gasteiger charge is 2.14. The molecule has 7 heteroatoms. The Kier molecular flexibility index (Phi) is 8.16. The minimum absolute atomic E-state index is 0.0622. The fourth-order valence-electron chi connectivity index (χ4n) is 3.35. The van der Waals surface area contributed by atoms with E-state index >= 15 is 0 Å². The first kappa shape index (κ1) is 24.4. The van der Waals surface area contributed by atoms with Crippen LogP contribution in [0.5, 0.6) is 11.5 Å². The van der Waals surface area contributed by atoms with E-state index in [2.05, 4.69) is 39.4 Å². The van der Waals surface area contributed by atoms with Gasteiger partial charge in [-0.3, -0.25) is 4.79 Å². The SMILES string of the molecule is COc1cc(/C=C(\C#N)C(=O)Nc2cccc(Cl)c2)cc(Br)c1OCc1cc(C)cc(C)c1. The quantitative estimate of drug-likeness (QED) is 0.270. The number of carbonyl (C=O) groups is 1. The van der Waals surface area contributed by atoms with Crippen LogP contribution in [0, 0.1) is 25.2 Å². The molecule has 0 aliphatic rings. The number of aryl methyl sites for hydroxylation is 2. The zero-order valence-corrected chi connectivity index (χ0v) is 20.8. The van der Waals surface area contributed by atoms with Crippen LogP contribution in [0.4, 0.5) is 5.69 Å². The van der Waals surface area contributed by atoms with Gasteiger partial charge in [0.25, 0.3) is 5.91 Å². The minimum Gasteiger partial charge on any atom is -0.493 e. The second-order valence-electron chi connectivity index (χ2n) is 7.45. The van der Waals surface area contributed by atoms with E-state index in [0.29, 0.717) is 38.9 Å². The number of carbonyl (C=O) groups excluding carboxylic acids is 1. The molecule has 0 spiro atoms. The van der Waals surface area contributed by atoms with Crippen molar-refractivity contribution in [3.63, 3.8) is 0 Å². The Hall–Kier alpha value is -3.27. The number of methoxy groups -OCH3 is 1. The highest BCUT2D eigenvalue weighted by atomic mass is 79.9. The predicted molar refractivity (Wildman–Crippen MR) is 135 cm³/mol. The summed E-state index contributed by atoms with van der Waals surface area (Å²) in [5.74, 6) is 0.480. The van der Waals surface area contributed by atoms with Crippen LogP contribution < -0.4 is 14.8 Å². The molecule has 168 valence electrons. The van der Waals surface area contributed by atoms with Crippen LogP contribution >= 0.6 is 27.5 Å². The highest BCUT2D eigenvalue weighted by molar-refractivity contribution is 9.10. The van der Waals surface area contributed by atoms with Crippen molar-refractivity contribution in [1.82, 2.24) is 0 Å². The number of nitrogens with zero attached hydrogens (tertiary/aromatic N) is 1. The molecule has 0 aliphatic carbocycles. The highest BCUT2D eigenvalue weighted by Crippen LogP contribution is 2.38. The first-order valence-electron chi connectivity index (χ1n) is 10.0. The standard InChI is InChI=1S/C26H22BrClN2O3/c1-16-7-17(2)9-19(8-16)15-33-25-23(27)11-18(12-24(25)32-3)10-20(14-29)26(31)30-22-6-4-5-21(28)13-22/h4-13H,15H2,1-3H3,(H,30,31)/b20-10+. The van der Waals surface area contributed by atoms with Crippen LogP contribution in [-0.2, 0) is 11.4 Å². The molecule has 0 saturated carbocycles. The van der Waals surface area contributed by atoms with E-state index in [1.165, 1.54) is 24.3 Å². The van der Waals surface area contributed by atoms with E-state index in [1.807, 2.05) is 19.9 Å². The molecule has 5 nitrogen and oxygen atoms in total. The average Bonchev–Trinajstić information content (AvgIpc) is 2.75. The second-order valence-corrected chi connectivity index (χ2v) is 8.74. The van der Waals surface area contributed by atoms with Crippen molar-refractivity contribution in [3.8, 4) is 17.6 Å². The molecular formula is C26H22BrClN2O3. The zero-order valence-electron chi connectivity index (χ0n) is 18.4. The van der Waals surface area contributed by atoms with Gasteiger partial charge in [-0.1, -0.05) is 47.0 Å². The maximum absolute atomic E-state index is 12.6. The summed E-state index contributed by atoms with van der Waals surface area (Å²) in [4.78, 5) is 12.6. The number of amides is 1. The van der Waals surface area contributed by atoms with Gasteiger partial charge >= 0.3 is 0 Å². The largest absolute Gasteiger partial charge is 0.493 e. The molecule has 33 heavy (non-hydrogen) atoms. The molecule has 0 fully saturated rings. The van der Waals surface area contributed by atoms with E-state index in [9.17, 15) is 10.1 Å². The molecule has 0 radical (unpaired) electrons. The van der Waals surface area contributed by atoms with E-state index in [1.54, 1.807) is 36.4 Å². The van der Waals surface area contributed by atoms with Crippen molar-refractivity contribution in [2.75, 3.05) is 12.4 Å². The molecule has 0 unspecified atom stereocenters. The number of hydrogen-bond acceptors (Lipinski definition) is 4. The van der Waals surface area contributed by atoms with Crippen molar-refractivity contribution in [2.24, 2.45) is 0 Å². The Morgan fingerprint density at radius 2 is 1.88 bits per heavy atom. The third-order valence-electron chi connectivity index (χ3n) is 4.67. The molecule has 3 aromatic carbocycles. The van der Waals surface area contributed by atoms with E-state index in [-0.39, 0.29) is 5.57 Å². The number of anilines is 1. The first-order valence-corrected chi connectivity index (χ1v) is 11.2. The lowest BCUT2D eigenvalue weighted by Gasteiger charge is -2.14. The Balaban J connectivity index is 1.83. The number of nitrogens with one attached hydrogen (secondary N) is 1. The molecular weight excluding hydrogens is 504 g/mol. The van der Waals surface area contributed by atoms with E-state index in [0.717, 1.165) is 5.56 Å². The molecule has 3 aromatic rings. The maximum Gasteiger partial charge on any atom is 0.266 e. The number of hydrogen-bond donors (Lipinski definition) is 1. The van der Waals surface area contributed by atoms with Gasteiger partial charge in [0.1, 0.15) is 18.2 Å². The Morgan fingerprint density at radius 3 is 2.52 bits per heavy atom. The molecule has 1 N–H and O–H groups in total. The normalized spacial score (nSPS) is 11.0. The van der Waals surface area contributed by atoms with Crippen LogP contribution in [0.2, 0.25) is 5.02 Å². The van der Waals surface area contributed by atoms with Gasteiger partial charge in [-0.25, -0.2) is 0 Å². The smallest absolute Gasteiger partial charge is 0.266 e. The summed E-state index contributed by atoms with van der Waals surface area (Å²) in [5, 5.41) is 12.7. The van der Waals surface area contributed by atoms with Gasteiger partial charge in [0, 0.05) is 10.7 Å². The minimum atomic E-state index is -0.537. The average molecular weight is 526 g/mol. The summed E-state index contributed by atoms with van der Waals surface area (Å²) in [6.07, 6.45) is 1.49. The molecule has 0 aromatic heterocycles. The number of halogens is 2. The molecule has 0 bridgehead atoms. The van der Waals surface area contributed by atoms with E-state index in [4.69, 9.17) is 21.1 Å². The zero-order chi connectivity index (χ0) is 24.0. The van der Waals surface area contributed by atoms with Gasteiger partial charge in [-0.2, -0.15) is 5.26 Å². The number of rotatable bonds is 7. The van der Waals surface area contributed by atoms with Crippen LogP contribution in [0.15, 0.2) is 64.6 Å². The van der Waals surface area contributed by atoms with Gasteiger partial charge in [-0.05, 0) is 77.3 Å². The summed E-state index contributed by atoms with van der Waals surface area (Å²) in [5.41, 5.74) is 4.43. The molecule has 0 saturated heterocycles. The summed E-state index contributed by atoms with van der Waals surface area (Å²) in [6.45, 7) is 4.46. The monoisotopic (exact) mass is 524 g/mol. The second kappa shape index (κ2) is 11.0. The summed E-state index contributed by atoms with van der Waals surface area (Å²) >= 11 is 9.47. The van der Waals surface area contributed by atoms with Crippen molar-refractivity contribution in [1.29, 1.82) is 5.26 Å². The third kappa shape index (κ3) is 6.61. The van der Waals surface area contributed by atoms with Crippen molar-refractivity contribution >= 4 is 45.2 Å². The Bertz CT molecular complexity index is 1240. The summed E-state index contributed by atoms with van der Waals surface area (Å²) in [7, 11) is 1.54. The molecule has 0 aliphatic heterocycles. The first-order chi connectivity index (χ1) is 15.8. The van der Waals surface area contributed by atoms with Crippen LogP contribution in [0.25, 0.3) is 6.08 Å². The fraction of sp³-hybridized carbons (Fsp3) is 0.154. The lowest BCUT2D eigenvalue weighted by molar-refractivity contribution is -0.112. The fourth-order valence-corrected chi connectivity index (χ4v) is 4.12. The molecule has 0 heterocycles. The summed E-state index contributed by atoms with van der Waals surface area (Å²) in [6, 6.07) is 18.4. The third-order valence-corrected chi connectivity index (χ3v) is 5.50. The molecule has 0 atom stereocenters. The van der Waals surface area contributed by atoms with Gasteiger partial charge in [-0.15, -0.1) is 0 Å². The van der Waals surface area contributed by atoms with Crippen LogP contribution in [-0.4, -0.2) is 13.0 Å². The van der Waals surface area contributed by atoms with Gasteiger partial charge in [0.05, 0.1) is 11.6 Å². The van der Waals surface area contributed by atoms with Crippen LogP contribution in [0.1, 0.15) is 22.3 Å². The number of benzene rings is 3. The number of ether oxygens (including phenoxy) is 2. The topological polar surface area (TPSA) is 71.3 Å². The molecule has 1 amide bonds. The van der Waals surface area contributed by atoms with Crippen molar-refractivity contribution in [2.45, 2.75) is 20.5 Å². The van der Waals surface area contributed by atoms with E-state index < -0.39 is 5.91 Å².